The topological polar surface area (TPSA) is 29.1 Å². The van der Waals surface area contributed by atoms with Crippen LogP contribution in [0.5, 0.6) is 0 Å². The molecule has 0 aliphatic carbocycles. The third kappa shape index (κ3) is 4.29. The smallest absolute Gasteiger partial charge is 0.229 e. The molecule has 1 rings (SSSR count). The minimum Gasteiger partial charge on any atom is -0.355 e. The number of thiol groups is 1. The highest BCUT2D eigenvalue weighted by Gasteiger charge is 2.01. The van der Waals surface area contributed by atoms with Crippen LogP contribution in [0.1, 0.15) is 5.56 Å². The summed E-state index contributed by atoms with van der Waals surface area (Å²) in [6.07, 6.45) is 0.397. The molecule has 0 spiro atoms. The van der Waals surface area contributed by atoms with Gasteiger partial charge < -0.3 is 5.32 Å². The maximum Gasteiger partial charge on any atom is 0.229 e. The second-order valence-electron chi connectivity index (χ2n) is 3.04. The van der Waals surface area contributed by atoms with Gasteiger partial charge in [-0.1, -0.05) is 0 Å². The van der Waals surface area contributed by atoms with Gasteiger partial charge >= 0.3 is 0 Å². The van der Waals surface area contributed by atoms with Gasteiger partial charge in [0.15, 0.2) is 0 Å². The largest absolute Gasteiger partial charge is 0.355 e. The lowest BCUT2D eigenvalue weighted by Crippen LogP contribution is -2.26. The van der Waals surface area contributed by atoms with Crippen LogP contribution in [0.2, 0.25) is 0 Å². The molecule has 0 aliphatic rings. The van der Waals surface area contributed by atoms with Gasteiger partial charge in [0.2, 0.25) is 5.91 Å². The number of carbonyl (C=O) groups is 1. The number of nitrogens with one attached hydrogen (secondary N) is 1. The van der Waals surface area contributed by atoms with Crippen molar-refractivity contribution in [2.75, 3.05) is 12.3 Å². The van der Waals surface area contributed by atoms with E-state index in [9.17, 15) is 13.6 Å². The number of amides is 1. The van der Waals surface area contributed by atoms with E-state index in [-0.39, 0.29) is 11.7 Å². The zero-order valence-electron chi connectivity index (χ0n) is 7.96. The van der Waals surface area contributed by atoms with Gasteiger partial charge in [-0.05, 0) is 24.1 Å². The highest BCUT2D eigenvalue weighted by molar-refractivity contribution is 7.81. The maximum absolute atomic E-state index is 12.7. The summed E-state index contributed by atoms with van der Waals surface area (Å²) in [4.78, 5) is 10.8. The van der Waals surface area contributed by atoms with Gasteiger partial charge in [0, 0.05) is 12.6 Å². The van der Waals surface area contributed by atoms with Crippen LogP contribution in [0.15, 0.2) is 18.2 Å². The Labute approximate surface area is 92.1 Å². The third-order valence-corrected chi connectivity index (χ3v) is 2.09. The van der Waals surface area contributed by atoms with E-state index in [2.05, 4.69) is 17.9 Å². The molecule has 0 saturated heterocycles. The molecule has 0 aliphatic heterocycles. The first kappa shape index (κ1) is 12.0. The number of rotatable bonds is 4. The molecule has 0 aromatic heterocycles. The van der Waals surface area contributed by atoms with Gasteiger partial charge in [-0.15, -0.1) is 0 Å². The van der Waals surface area contributed by atoms with Crippen molar-refractivity contribution in [3.63, 3.8) is 0 Å². The van der Waals surface area contributed by atoms with Crippen molar-refractivity contribution in [3.8, 4) is 0 Å². The van der Waals surface area contributed by atoms with Crippen molar-refractivity contribution in [1.82, 2.24) is 5.32 Å². The van der Waals surface area contributed by atoms with Crippen molar-refractivity contribution >= 4 is 18.5 Å². The Hall–Kier alpha value is -1.10. The summed E-state index contributed by atoms with van der Waals surface area (Å²) in [7, 11) is 0. The number of hydrogen-bond acceptors (Lipinski definition) is 2. The van der Waals surface area contributed by atoms with E-state index < -0.39 is 11.6 Å². The minimum absolute atomic E-state index is 0.109. The molecule has 15 heavy (non-hydrogen) atoms. The van der Waals surface area contributed by atoms with E-state index in [0.29, 0.717) is 18.5 Å². The molecular weight excluding hydrogens is 220 g/mol. The van der Waals surface area contributed by atoms with Gasteiger partial charge in [-0.25, -0.2) is 8.78 Å². The van der Waals surface area contributed by atoms with Crippen LogP contribution in [-0.4, -0.2) is 18.2 Å². The second-order valence-corrected chi connectivity index (χ2v) is 3.35. The van der Waals surface area contributed by atoms with Crippen molar-refractivity contribution in [2.24, 2.45) is 0 Å². The predicted molar refractivity (Wildman–Crippen MR) is 56.9 cm³/mol. The Kier molecular flexibility index (Phi) is 4.55. The highest BCUT2D eigenvalue weighted by atomic mass is 32.1. The van der Waals surface area contributed by atoms with E-state index in [0.717, 1.165) is 6.07 Å². The van der Waals surface area contributed by atoms with E-state index in [1.807, 2.05) is 0 Å². The maximum atomic E-state index is 12.7. The second kappa shape index (κ2) is 5.70. The van der Waals surface area contributed by atoms with Gasteiger partial charge in [0.05, 0.1) is 5.75 Å². The summed E-state index contributed by atoms with van der Waals surface area (Å²) >= 11 is 3.78. The minimum atomic E-state index is -0.606. The van der Waals surface area contributed by atoms with Gasteiger partial charge in [0.25, 0.3) is 0 Å². The summed E-state index contributed by atoms with van der Waals surface area (Å²) in [5.41, 5.74) is 0.520. The third-order valence-electron chi connectivity index (χ3n) is 1.80. The molecule has 5 heteroatoms. The Balaban J connectivity index is 2.47. The molecule has 0 bridgehead atoms. The van der Waals surface area contributed by atoms with Crippen LogP contribution in [0.25, 0.3) is 0 Å². The van der Waals surface area contributed by atoms with E-state index >= 15 is 0 Å². The fourth-order valence-corrected chi connectivity index (χ4v) is 1.27. The van der Waals surface area contributed by atoms with Crippen LogP contribution in [0, 0.1) is 11.6 Å². The molecule has 0 unspecified atom stereocenters. The van der Waals surface area contributed by atoms with Crippen LogP contribution >= 0.6 is 12.6 Å². The number of hydrogen-bond donors (Lipinski definition) is 2. The van der Waals surface area contributed by atoms with Crippen LogP contribution in [-0.2, 0) is 11.2 Å². The van der Waals surface area contributed by atoms with E-state index in [1.165, 1.54) is 12.1 Å². The Morgan fingerprint density at radius 2 is 1.87 bits per heavy atom. The number of benzene rings is 1. The average Bonchev–Trinajstić information content (AvgIpc) is 2.16. The predicted octanol–water partition coefficient (Wildman–Crippen LogP) is 1.55. The first-order chi connectivity index (χ1) is 7.11. The molecule has 1 amide bonds. The molecule has 0 radical (unpaired) electrons. The molecule has 0 heterocycles. The summed E-state index contributed by atoms with van der Waals surface area (Å²) in [6.45, 7) is 0.349. The Morgan fingerprint density at radius 1 is 1.27 bits per heavy atom. The lowest BCUT2D eigenvalue weighted by molar-refractivity contribution is -0.118. The molecule has 2 nitrogen and oxygen atoms in total. The fourth-order valence-electron chi connectivity index (χ4n) is 1.16. The zero-order valence-corrected chi connectivity index (χ0v) is 8.86. The molecule has 82 valence electrons. The van der Waals surface area contributed by atoms with Crippen LogP contribution in [0.4, 0.5) is 8.78 Å². The molecule has 0 atom stereocenters. The molecule has 1 aromatic carbocycles. The quantitative estimate of drug-likeness (QED) is 0.756. The number of halogens is 2. The van der Waals surface area contributed by atoms with Crippen LogP contribution in [0.3, 0.4) is 0 Å². The standard InChI is InChI=1S/C10H11F2NOS/c11-8-3-7(4-9(12)5-8)1-2-13-10(14)6-15/h3-5,15H,1-2,6H2,(H,13,14). The highest BCUT2D eigenvalue weighted by Crippen LogP contribution is 2.07. The normalized spacial score (nSPS) is 10.1. The fraction of sp³-hybridized carbons (Fsp3) is 0.300. The SMILES string of the molecule is O=C(CS)NCCc1cc(F)cc(F)c1. The molecule has 0 fully saturated rings. The lowest BCUT2D eigenvalue weighted by atomic mass is 10.1. The molecule has 0 saturated carbocycles. The molecule has 1 aromatic rings. The van der Waals surface area contributed by atoms with Crippen molar-refractivity contribution in [2.45, 2.75) is 6.42 Å². The molecular formula is C10H11F2NOS. The Bertz CT molecular complexity index is 337. The average molecular weight is 231 g/mol. The summed E-state index contributed by atoms with van der Waals surface area (Å²) < 4.78 is 25.5. The first-order valence-electron chi connectivity index (χ1n) is 4.44. The Morgan fingerprint density at radius 3 is 2.40 bits per heavy atom. The van der Waals surface area contributed by atoms with Gasteiger partial charge in [-0.2, -0.15) is 12.6 Å². The zero-order chi connectivity index (χ0) is 11.3. The lowest BCUT2D eigenvalue weighted by Gasteiger charge is -2.03. The van der Waals surface area contributed by atoms with E-state index in [1.54, 1.807) is 0 Å². The molecule has 1 N–H and O–H groups in total. The van der Waals surface area contributed by atoms with Crippen molar-refractivity contribution in [3.05, 3.63) is 35.4 Å². The first-order valence-corrected chi connectivity index (χ1v) is 5.07. The van der Waals surface area contributed by atoms with Gasteiger partial charge in [0.1, 0.15) is 11.6 Å². The van der Waals surface area contributed by atoms with Crippen molar-refractivity contribution in [1.29, 1.82) is 0 Å². The number of carbonyl (C=O) groups excluding carboxylic acids is 1. The summed E-state index contributed by atoms with van der Waals surface area (Å²) in [5, 5.41) is 2.56. The monoisotopic (exact) mass is 231 g/mol. The summed E-state index contributed by atoms with van der Waals surface area (Å²) in [5.74, 6) is -1.30. The van der Waals surface area contributed by atoms with Crippen LogP contribution < -0.4 is 5.32 Å². The van der Waals surface area contributed by atoms with Crippen molar-refractivity contribution < 1.29 is 13.6 Å². The van der Waals surface area contributed by atoms with Gasteiger partial charge in [-0.3, -0.25) is 4.79 Å². The van der Waals surface area contributed by atoms with E-state index in [4.69, 9.17) is 0 Å². The summed E-state index contributed by atoms with van der Waals surface area (Å²) in [6, 6.07) is 3.31.